The lowest BCUT2D eigenvalue weighted by Gasteiger charge is -2.24. The first-order valence-electron chi connectivity index (χ1n) is 6.11. The van der Waals surface area contributed by atoms with Gasteiger partial charge in [0.2, 0.25) is 0 Å². The summed E-state index contributed by atoms with van der Waals surface area (Å²) in [7, 11) is 0. The Morgan fingerprint density at radius 3 is 2.24 bits per heavy atom. The van der Waals surface area contributed by atoms with Crippen LogP contribution in [-0.4, -0.2) is 33.2 Å². The molecular weight excluding hydrogens is 280 g/mol. The lowest BCUT2D eigenvalue weighted by atomic mass is 9.95. The number of carbonyl (C=O) groups excluding carboxylic acids is 2. The van der Waals surface area contributed by atoms with Gasteiger partial charge in [-0.25, -0.2) is 19.4 Å². The van der Waals surface area contributed by atoms with Gasteiger partial charge in [0.25, 0.3) is 5.97 Å². The van der Waals surface area contributed by atoms with Gasteiger partial charge in [-0.1, -0.05) is 31.7 Å². The summed E-state index contributed by atoms with van der Waals surface area (Å²) in [6.07, 6.45) is 0.00403. The Labute approximate surface area is 121 Å². The summed E-state index contributed by atoms with van der Waals surface area (Å²) < 4.78 is 0. The van der Waals surface area contributed by atoms with Gasteiger partial charge < -0.3 is 15.3 Å². The minimum Gasteiger partial charge on any atom is -0.343 e. The van der Waals surface area contributed by atoms with Crippen molar-refractivity contribution in [1.82, 2.24) is 0 Å². The van der Waals surface area contributed by atoms with Crippen molar-refractivity contribution in [3.63, 3.8) is 0 Å². The van der Waals surface area contributed by atoms with Gasteiger partial charge in [0.1, 0.15) is 0 Å². The monoisotopic (exact) mass is 296 g/mol. The van der Waals surface area contributed by atoms with E-state index in [0.29, 0.717) is 0 Å². The van der Waals surface area contributed by atoms with E-state index in [0.717, 1.165) is 0 Å². The maximum atomic E-state index is 11.6. The van der Waals surface area contributed by atoms with Crippen molar-refractivity contribution in [1.29, 1.82) is 0 Å². The van der Waals surface area contributed by atoms with Gasteiger partial charge in [-0.2, -0.15) is 0 Å². The third kappa shape index (κ3) is 4.67. The molecular formula is C14H16O7. The van der Waals surface area contributed by atoms with Gasteiger partial charge in [-0.3, -0.25) is 0 Å². The van der Waals surface area contributed by atoms with E-state index >= 15 is 0 Å². The third-order valence-electron chi connectivity index (χ3n) is 2.76. The molecule has 0 radical (unpaired) electrons. The molecule has 0 bridgehead atoms. The summed E-state index contributed by atoms with van der Waals surface area (Å²) in [6.45, 7) is 4.79. The number of carbonyl (C=O) groups is 2. The summed E-state index contributed by atoms with van der Waals surface area (Å²) in [6, 6.07) is 7.81. The number of hydrogen-bond donors (Lipinski definition) is 3. The molecule has 1 rings (SSSR count). The molecule has 3 N–H and O–H groups in total. The largest absolute Gasteiger partial charge is 0.386 e. The molecule has 0 aromatic heterocycles. The first kappa shape index (κ1) is 16.8. The molecule has 7 heteroatoms. The first-order chi connectivity index (χ1) is 9.77. The Balaban J connectivity index is 2.61. The van der Waals surface area contributed by atoms with Crippen LogP contribution in [0.1, 0.15) is 23.7 Å². The smallest absolute Gasteiger partial charge is 0.343 e. The highest BCUT2D eigenvalue weighted by Crippen LogP contribution is 2.24. The quantitative estimate of drug-likeness (QED) is 0.314. The predicted octanol–water partition coefficient (Wildman–Crippen LogP) is 0.515. The van der Waals surface area contributed by atoms with Crippen molar-refractivity contribution >= 4 is 11.9 Å². The molecule has 1 aromatic carbocycles. The topological polar surface area (TPSA) is 113 Å². The van der Waals surface area contributed by atoms with Gasteiger partial charge in [-0.15, -0.1) is 0 Å². The number of hydrogen-bond acceptors (Lipinski definition) is 7. The minimum absolute atomic E-state index is 0.00403. The van der Waals surface area contributed by atoms with Crippen molar-refractivity contribution in [2.45, 2.75) is 19.3 Å². The van der Waals surface area contributed by atoms with Gasteiger partial charge in [0, 0.05) is 5.57 Å². The van der Waals surface area contributed by atoms with Crippen LogP contribution in [0.2, 0.25) is 0 Å². The van der Waals surface area contributed by atoms with Crippen molar-refractivity contribution in [2.24, 2.45) is 5.92 Å². The standard InChI is InChI=1S/C14H16O7/c1-3-11(14(17,18)19)9(2)12(15)20-21-13(16)10-7-5-4-6-8-10/h4-8,11,17-19H,2-3H2,1H3. The van der Waals surface area contributed by atoms with Crippen LogP contribution in [-0.2, 0) is 14.6 Å². The van der Waals surface area contributed by atoms with E-state index in [4.69, 9.17) is 15.3 Å². The Bertz CT molecular complexity index is 516. The van der Waals surface area contributed by atoms with Gasteiger partial charge >= 0.3 is 11.9 Å². The normalized spacial score (nSPS) is 12.4. The first-order valence-corrected chi connectivity index (χ1v) is 6.11. The molecule has 0 aliphatic heterocycles. The summed E-state index contributed by atoms with van der Waals surface area (Å²) >= 11 is 0. The zero-order chi connectivity index (χ0) is 16.0. The molecule has 0 amide bonds. The Hall–Kier alpha value is -2.22. The average Bonchev–Trinajstić information content (AvgIpc) is 2.44. The predicted molar refractivity (Wildman–Crippen MR) is 70.3 cm³/mol. The molecule has 0 heterocycles. The maximum absolute atomic E-state index is 11.6. The highest BCUT2D eigenvalue weighted by atomic mass is 17.2. The zero-order valence-corrected chi connectivity index (χ0v) is 11.4. The number of benzene rings is 1. The molecule has 7 nitrogen and oxygen atoms in total. The molecule has 114 valence electrons. The van der Waals surface area contributed by atoms with Crippen molar-refractivity contribution < 1.29 is 34.7 Å². The summed E-state index contributed by atoms with van der Waals surface area (Å²) in [5, 5.41) is 27.3. The Kier molecular flexibility index (Phi) is 5.60. The molecule has 1 unspecified atom stereocenters. The highest BCUT2D eigenvalue weighted by molar-refractivity contribution is 5.91. The molecule has 0 aliphatic rings. The van der Waals surface area contributed by atoms with Crippen molar-refractivity contribution in [3.05, 3.63) is 48.0 Å². The fourth-order valence-corrected chi connectivity index (χ4v) is 1.65. The lowest BCUT2D eigenvalue weighted by Crippen LogP contribution is -2.39. The van der Waals surface area contributed by atoms with Crippen LogP contribution in [0.15, 0.2) is 42.5 Å². The zero-order valence-electron chi connectivity index (χ0n) is 11.4. The SMILES string of the molecule is C=C(C(=O)OOC(=O)c1ccccc1)C(CC)C(O)(O)O. The van der Waals surface area contributed by atoms with Crippen molar-refractivity contribution in [2.75, 3.05) is 0 Å². The number of aliphatic hydroxyl groups is 3. The molecule has 0 saturated carbocycles. The van der Waals surface area contributed by atoms with Crippen LogP contribution in [0.3, 0.4) is 0 Å². The van der Waals surface area contributed by atoms with E-state index in [1.165, 1.54) is 19.1 Å². The molecule has 1 atom stereocenters. The van der Waals surface area contributed by atoms with E-state index in [9.17, 15) is 9.59 Å². The average molecular weight is 296 g/mol. The molecule has 0 fully saturated rings. The molecule has 0 saturated heterocycles. The van der Waals surface area contributed by atoms with Gasteiger partial charge in [0.15, 0.2) is 0 Å². The molecule has 0 aliphatic carbocycles. The second kappa shape index (κ2) is 6.98. The van der Waals surface area contributed by atoms with Crippen molar-refractivity contribution in [3.8, 4) is 0 Å². The second-order valence-electron chi connectivity index (χ2n) is 4.28. The van der Waals surface area contributed by atoms with E-state index in [1.54, 1.807) is 18.2 Å². The molecule has 21 heavy (non-hydrogen) atoms. The second-order valence-corrected chi connectivity index (χ2v) is 4.28. The highest BCUT2D eigenvalue weighted by Gasteiger charge is 2.37. The van der Waals surface area contributed by atoms with Crippen LogP contribution < -0.4 is 0 Å². The fraction of sp³-hybridized carbons (Fsp3) is 0.286. The summed E-state index contributed by atoms with van der Waals surface area (Å²) in [5.41, 5.74) is -0.269. The van der Waals surface area contributed by atoms with Crippen LogP contribution >= 0.6 is 0 Å². The summed E-state index contributed by atoms with van der Waals surface area (Å²) in [4.78, 5) is 31.7. The van der Waals surface area contributed by atoms with Crippen LogP contribution in [0.5, 0.6) is 0 Å². The van der Waals surface area contributed by atoms with E-state index < -0.39 is 29.4 Å². The van der Waals surface area contributed by atoms with Crippen LogP contribution in [0.4, 0.5) is 0 Å². The van der Waals surface area contributed by atoms with Gasteiger partial charge in [-0.05, 0) is 18.6 Å². The lowest BCUT2D eigenvalue weighted by molar-refractivity contribution is -0.336. The Morgan fingerprint density at radius 1 is 1.19 bits per heavy atom. The van der Waals surface area contributed by atoms with Crippen LogP contribution in [0.25, 0.3) is 0 Å². The minimum atomic E-state index is -3.12. The molecule has 0 spiro atoms. The number of rotatable bonds is 5. The maximum Gasteiger partial charge on any atom is 0.386 e. The summed E-state index contributed by atoms with van der Waals surface area (Å²) in [5.74, 6) is -6.57. The third-order valence-corrected chi connectivity index (χ3v) is 2.76. The fourth-order valence-electron chi connectivity index (χ4n) is 1.65. The van der Waals surface area contributed by atoms with E-state index in [2.05, 4.69) is 16.4 Å². The van der Waals surface area contributed by atoms with Crippen LogP contribution in [0, 0.1) is 5.92 Å². The van der Waals surface area contributed by atoms with E-state index in [-0.39, 0.29) is 12.0 Å². The Morgan fingerprint density at radius 2 is 1.76 bits per heavy atom. The van der Waals surface area contributed by atoms with E-state index in [1.807, 2.05) is 0 Å². The van der Waals surface area contributed by atoms with Gasteiger partial charge in [0.05, 0.1) is 11.5 Å². The molecule has 1 aromatic rings.